The molecule has 1 aromatic carbocycles. The Morgan fingerprint density at radius 2 is 1.76 bits per heavy atom. The number of aliphatic imine (C=N–C) groups is 1. The van der Waals surface area contributed by atoms with E-state index in [-0.39, 0.29) is 48.3 Å². The molecule has 1 aromatic rings. The first-order chi connectivity index (χ1) is 25.7. The van der Waals surface area contributed by atoms with Crippen molar-refractivity contribution in [1.82, 2.24) is 5.32 Å². The minimum atomic E-state index is -1.29. The van der Waals surface area contributed by atoms with E-state index in [0.29, 0.717) is 30.5 Å². The average molecular weight is 757 g/mol. The number of Topliss-reactive ketones (excluding diaryl/α,β-unsaturated/α-hetero) is 2. The van der Waals surface area contributed by atoms with Crippen molar-refractivity contribution < 1.29 is 34.8 Å². The number of aliphatic carboxylic acids is 1. The smallest absolute Gasteiger partial charge is 0.331 e. The van der Waals surface area contributed by atoms with Crippen molar-refractivity contribution >= 4 is 29.6 Å². The van der Waals surface area contributed by atoms with Crippen LogP contribution >= 0.6 is 0 Å². The lowest BCUT2D eigenvalue weighted by Gasteiger charge is -2.65. The summed E-state index contributed by atoms with van der Waals surface area (Å²) in [5.74, 6) is -3.45. The number of ketones is 2. The molecule has 0 aromatic heterocycles. The second kappa shape index (κ2) is 14.2. The summed E-state index contributed by atoms with van der Waals surface area (Å²) >= 11 is 0. The fraction of sp³-hybridized carbons (Fsp3) is 0.591. The number of nitrogens with zero attached hydrogens (tertiary/aromatic N) is 1. The quantitative estimate of drug-likeness (QED) is 0.0828. The number of allylic oxidation sites excluding steroid dienone is 2. The number of hydrogen-bond donors (Lipinski definition) is 7. The van der Waals surface area contributed by atoms with E-state index in [1.165, 1.54) is 6.08 Å². The standard InChI is InChI=1S/C44H60N4O7/c1-24-33(29(49)21-26(38(54)55)17-20-47-7)28(48-39(45)46)15-19-44(24)23-32(52)43(6)35-34(30(50)22-42(43,44)5)41(4)18-16-31(51)40(2,3)37(41)27(36(35)53)14-13-25-11-9-8-10-12-25/h8-15,19,21,24,27-29,32-33,36-37,47,49,52-53H,16-18,20,22-23H2,1-7H3,(H,54,55)(H4,45,46,48). The van der Waals surface area contributed by atoms with Crippen LogP contribution < -0.4 is 16.8 Å². The van der Waals surface area contributed by atoms with Gasteiger partial charge in [-0.15, -0.1) is 0 Å². The molecule has 11 heteroatoms. The van der Waals surface area contributed by atoms with Gasteiger partial charge >= 0.3 is 5.97 Å². The molecule has 1 spiro atoms. The number of benzene rings is 1. The Bertz CT molecular complexity index is 1880. The molecule has 5 aliphatic carbocycles. The first-order valence-corrected chi connectivity index (χ1v) is 19.7. The van der Waals surface area contributed by atoms with Gasteiger partial charge in [0.05, 0.1) is 24.4 Å². The van der Waals surface area contributed by atoms with Gasteiger partial charge < -0.3 is 37.2 Å². The Labute approximate surface area is 324 Å². The molecule has 0 radical (unpaired) electrons. The topological polar surface area (TPSA) is 209 Å². The van der Waals surface area contributed by atoms with Crippen molar-refractivity contribution in [2.45, 2.75) is 98.0 Å². The summed E-state index contributed by atoms with van der Waals surface area (Å²) in [7, 11) is 1.72. The maximum absolute atomic E-state index is 15.1. The molecule has 0 aliphatic heterocycles. The van der Waals surface area contributed by atoms with E-state index < -0.39 is 75.2 Å². The molecule has 55 heavy (non-hydrogen) atoms. The fourth-order valence-corrected chi connectivity index (χ4v) is 12.5. The van der Waals surface area contributed by atoms with E-state index in [0.717, 1.165) is 5.56 Å². The molecule has 2 saturated carbocycles. The first-order valence-electron chi connectivity index (χ1n) is 19.7. The van der Waals surface area contributed by atoms with Gasteiger partial charge in [-0.2, -0.15) is 0 Å². The highest BCUT2D eigenvalue weighted by molar-refractivity contribution is 6.01. The average Bonchev–Trinajstić information content (AvgIpc) is 3.28. The maximum Gasteiger partial charge on any atom is 0.331 e. The molecule has 12 atom stereocenters. The van der Waals surface area contributed by atoms with Crippen LogP contribution in [0.4, 0.5) is 0 Å². The molecule has 0 heterocycles. The van der Waals surface area contributed by atoms with Crippen LogP contribution in [0.15, 0.2) is 76.3 Å². The van der Waals surface area contributed by atoms with Crippen LogP contribution in [0.3, 0.4) is 0 Å². The van der Waals surface area contributed by atoms with Crippen molar-refractivity contribution in [3.05, 3.63) is 76.9 Å². The molecule has 12 unspecified atom stereocenters. The molecule has 0 amide bonds. The second-order valence-electron chi connectivity index (χ2n) is 18.1. The molecule has 5 aliphatic rings. The number of guanidine groups is 1. The largest absolute Gasteiger partial charge is 0.478 e. The van der Waals surface area contributed by atoms with E-state index in [1.807, 2.05) is 89.3 Å². The van der Waals surface area contributed by atoms with Gasteiger partial charge in [-0.05, 0) is 67.3 Å². The Balaban J connectivity index is 1.54. The molecular formula is C44H60N4O7. The van der Waals surface area contributed by atoms with Crippen LogP contribution in [0.1, 0.15) is 79.2 Å². The van der Waals surface area contributed by atoms with Crippen molar-refractivity contribution in [1.29, 1.82) is 0 Å². The summed E-state index contributed by atoms with van der Waals surface area (Å²) in [5, 5.41) is 50.4. The van der Waals surface area contributed by atoms with Crippen LogP contribution in [0.5, 0.6) is 0 Å². The Morgan fingerprint density at radius 1 is 1.09 bits per heavy atom. The van der Waals surface area contributed by atoms with Gasteiger partial charge in [0.1, 0.15) is 5.78 Å². The fourth-order valence-electron chi connectivity index (χ4n) is 12.5. The lowest BCUT2D eigenvalue weighted by Crippen LogP contribution is -2.64. The van der Waals surface area contributed by atoms with E-state index >= 15 is 4.79 Å². The first kappa shape index (κ1) is 40.8. The molecule has 6 rings (SSSR count). The summed E-state index contributed by atoms with van der Waals surface area (Å²) in [6.07, 6.45) is 6.92. The van der Waals surface area contributed by atoms with E-state index in [4.69, 9.17) is 11.5 Å². The minimum absolute atomic E-state index is 0.0443. The van der Waals surface area contributed by atoms with Gasteiger partial charge in [0.2, 0.25) is 0 Å². The van der Waals surface area contributed by atoms with Crippen LogP contribution in [-0.2, 0) is 14.4 Å². The predicted molar refractivity (Wildman–Crippen MR) is 212 cm³/mol. The van der Waals surface area contributed by atoms with Gasteiger partial charge in [-0.25, -0.2) is 9.79 Å². The summed E-state index contributed by atoms with van der Waals surface area (Å²) < 4.78 is 0. The maximum atomic E-state index is 15.1. The van der Waals surface area contributed by atoms with E-state index in [1.54, 1.807) is 7.05 Å². The summed E-state index contributed by atoms with van der Waals surface area (Å²) in [6, 6.07) is 9.06. The minimum Gasteiger partial charge on any atom is -0.478 e. The lowest BCUT2D eigenvalue weighted by molar-refractivity contribution is -0.152. The molecule has 298 valence electrons. The number of carbonyl (C=O) groups is 3. The van der Waals surface area contributed by atoms with Gasteiger partial charge in [0, 0.05) is 57.5 Å². The zero-order chi connectivity index (χ0) is 40.5. The highest BCUT2D eigenvalue weighted by Crippen LogP contribution is 2.77. The van der Waals surface area contributed by atoms with Gasteiger partial charge in [0.15, 0.2) is 11.7 Å². The number of nitrogens with one attached hydrogen (secondary N) is 1. The lowest BCUT2D eigenvalue weighted by atomic mass is 9.38. The van der Waals surface area contributed by atoms with Crippen LogP contribution in [-0.4, -0.2) is 81.9 Å². The number of carboxylic acids is 1. The van der Waals surface area contributed by atoms with Crippen molar-refractivity contribution in [2.75, 3.05) is 13.6 Å². The van der Waals surface area contributed by atoms with Crippen molar-refractivity contribution in [2.24, 2.45) is 67.2 Å². The normalized spacial score (nSPS) is 40.2. The zero-order valence-electron chi connectivity index (χ0n) is 33.3. The molecule has 2 fully saturated rings. The summed E-state index contributed by atoms with van der Waals surface area (Å²) in [4.78, 5) is 45.5. The third kappa shape index (κ3) is 5.99. The van der Waals surface area contributed by atoms with Gasteiger partial charge in [-0.3, -0.25) is 9.59 Å². The monoisotopic (exact) mass is 756 g/mol. The highest BCUT2D eigenvalue weighted by atomic mass is 16.4. The number of fused-ring (bicyclic) bond motifs is 5. The third-order valence-electron chi connectivity index (χ3n) is 15.3. The van der Waals surface area contributed by atoms with Gasteiger partial charge in [-0.1, -0.05) is 96.2 Å². The molecule has 11 nitrogen and oxygen atoms in total. The number of hydrogen-bond acceptors (Lipinski definition) is 8. The van der Waals surface area contributed by atoms with Crippen molar-refractivity contribution in [3.63, 3.8) is 0 Å². The number of carboxylic acid groups (broad SMARTS) is 1. The van der Waals surface area contributed by atoms with Crippen molar-refractivity contribution in [3.8, 4) is 0 Å². The molecular weight excluding hydrogens is 697 g/mol. The Hall–Kier alpha value is -3.90. The zero-order valence-corrected chi connectivity index (χ0v) is 33.3. The Kier molecular flexibility index (Phi) is 10.6. The predicted octanol–water partition coefficient (Wildman–Crippen LogP) is 4.18. The third-order valence-corrected chi connectivity index (χ3v) is 15.3. The van der Waals surface area contributed by atoms with Crippen LogP contribution in [0.2, 0.25) is 0 Å². The van der Waals surface area contributed by atoms with Crippen LogP contribution in [0, 0.1) is 50.7 Å². The van der Waals surface area contributed by atoms with Gasteiger partial charge in [0.25, 0.3) is 0 Å². The van der Waals surface area contributed by atoms with Crippen LogP contribution in [0.25, 0.3) is 6.08 Å². The van der Waals surface area contributed by atoms with E-state index in [2.05, 4.69) is 17.2 Å². The number of aliphatic hydroxyl groups excluding tert-OH is 3. The number of carbonyl (C=O) groups excluding carboxylic acids is 2. The number of aliphatic hydroxyl groups is 3. The molecule has 0 bridgehead atoms. The number of nitrogens with two attached hydrogens (primary N) is 2. The Morgan fingerprint density at radius 3 is 2.38 bits per heavy atom. The SMILES string of the molecule is CNCCC(=CC(O)C1C(N=C(N)N)C=CC2(CC(O)C3(C)C4=C(C(=O)CC23C)C2(C)CCC(=O)C(C)(C)C2C(C=Cc2ccccc2)C4O)C1C)C(=O)O. The summed E-state index contributed by atoms with van der Waals surface area (Å²) in [5.41, 5.74) is 9.27. The highest BCUT2D eigenvalue weighted by Gasteiger charge is 2.76. The van der Waals surface area contributed by atoms with E-state index in [9.17, 15) is 30.0 Å². The second-order valence-corrected chi connectivity index (χ2v) is 18.1. The molecule has 0 saturated heterocycles. The molecule has 9 N–H and O–H groups in total. The number of rotatable bonds is 9. The summed E-state index contributed by atoms with van der Waals surface area (Å²) in [6.45, 7) is 12.3.